The van der Waals surface area contributed by atoms with Gasteiger partial charge in [0.25, 0.3) is 0 Å². The predicted octanol–water partition coefficient (Wildman–Crippen LogP) is 5.60. The van der Waals surface area contributed by atoms with Crippen molar-refractivity contribution in [3.63, 3.8) is 0 Å². The lowest BCUT2D eigenvalue weighted by atomic mass is 9.91. The largest absolute Gasteiger partial charge is 0.443 e. The zero-order valence-corrected chi connectivity index (χ0v) is 25.8. The van der Waals surface area contributed by atoms with E-state index in [9.17, 15) is 27.6 Å². The number of rotatable bonds is 9. The van der Waals surface area contributed by atoms with Gasteiger partial charge < -0.3 is 15.0 Å². The number of likely N-dealkylation sites (tertiary alicyclic amines) is 1. The zero-order chi connectivity index (χ0) is 32.6. The Morgan fingerprint density at radius 3 is 2.59 bits per heavy atom. The first-order valence-corrected chi connectivity index (χ1v) is 15.7. The highest BCUT2D eigenvalue weighted by Crippen LogP contribution is 2.36. The van der Waals surface area contributed by atoms with Gasteiger partial charge in [-0.2, -0.15) is 13.2 Å². The number of hydrogen-bond acceptors (Lipinski definition) is 6. The molecule has 3 aromatic heterocycles. The number of ether oxygens (including phenoxy) is 1. The van der Waals surface area contributed by atoms with Crippen LogP contribution in [0.4, 0.5) is 18.0 Å². The van der Waals surface area contributed by atoms with Crippen LogP contribution in [0.5, 0.6) is 0 Å². The summed E-state index contributed by atoms with van der Waals surface area (Å²) >= 11 is 0. The Kier molecular flexibility index (Phi) is 8.75. The SMILES string of the molecule is CC[C@@H]1CN(C(=O)NCC(F)(F)F)C[C@@H]1c1cnc2cnc3c(ccn3COC(=O)C(C)c3ccc(CC4CCCC4=O)cc3)n12. The monoisotopic (exact) mass is 638 g/mol. The van der Waals surface area contributed by atoms with Crippen LogP contribution in [-0.2, 0) is 27.5 Å². The molecule has 1 saturated heterocycles. The molecular formula is C33H37F3N6O4. The van der Waals surface area contributed by atoms with E-state index in [-0.39, 0.29) is 37.0 Å². The molecule has 2 fully saturated rings. The van der Waals surface area contributed by atoms with Crippen LogP contribution in [0.25, 0.3) is 16.8 Å². The Balaban J connectivity index is 1.14. The number of alkyl halides is 3. The molecule has 2 amide bonds. The number of esters is 1. The van der Waals surface area contributed by atoms with Crippen LogP contribution in [0.3, 0.4) is 0 Å². The molecule has 4 heterocycles. The van der Waals surface area contributed by atoms with Crippen LogP contribution in [0.1, 0.15) is 68.2 Å². The highest BCUT2D eigenvalue weighted by Gasteiger charge is 2.38. The molecule has 1 aromatic carbocycles. The van der Waals surface area contributed by atoms with E-state index in [0.29, 0.717) is 30.0 Å². The lowest BCUT2D eigenvalue weighted by Crippen LogP contribution is -2.42. The minimum atomic E-state index is -4.48. The molecule has 2 unspecified atom stereocenters. The molecule has 244 valence electrons. The van der Waals surface area contributed by atoms with Gasteiger partial charge in [0.2, 0.25) is 0 Å². The Hall–Kier alpha value is -4.42. The molecule has 1 aliphatic carbocycles. The van der Waals surface area contributed by atoms with E-state index in [0.717, 1.165) is 48.0 Å². The molecule has 13 heteroatoms. The van der Waals surface area contributed by atoms with Crippen molar-refractivity contribution in [1.29, 1.82) is 0 Å². The van der Waals surface area contributed by atoms with Gasteiger partial charge in [-0.25, -0.2) is 14.8 Å². The summed E-state index contributed by atoms with van der Waals surface area (Å²) in [6.07, 6.45) is 4.67. The molecule has 46 heavy (non-hydrogen) atoms. The van der Waals surface area contributed by atoms with E-state index in [2.05, 4.69) is 9.97 Å². The molecule has 2 aliphatic rings. The smallest absolute Gasteiger partial charge is 0.405 e. The van der Waals surface area contributed by atoms with E-state index < -0.39 is 24.7 Å². The van der Waals surface area contributed by atoms with Crippen molar-refractivity contribution in [2.45, 2.75) is 70.7 Å². The van der Waals surface area contributed by atoms with E-state index in [4.69, 9.17) is 4.74 Å². The van der Waals surface area contributed by atoms with Crippen molar-refractivity contribution in [1.82, 2.24) is 29.2 Å². The first-order chi connectivity index (χ1) is 22.0. The minimum Gasteiger partial charge on any atom is -0.443 e. The van der Waals surface area contributed by atoms with Crippen molar-refractivity contribution in [2.75, 3.05) is 19.6 Å². The fraction of sp³-hybridized carbons (Fsp3) is 0.485. The first-order valence-electron chi connectivity index (χ1n) is 15.7. The number of aromatic nitrogens is 4. The third-order valence-electron chi connectivity index (χ3n) is 9.44. The van der Waals surface area contributed by atoms with Crippen molar-refractivity contribution < 1.29 is 32.3 Å². The van der Waals surface area contributed by atoms with E-state index in [1.165, 1.54) is 4.90 Å². The number of nitrogens with zero attached hydrogens (tertiary/aromatic N) is 5. The number of carbonyl (C=O) groups excluding carboxylic acids is 3. The first kappa shape index (κ1) is 31.6. The van der Waals surface area contributed by atoms with Gasteiger partial charge in [-0.05, 0) is 49.3 Å². The standard InChI is InChI=1S/C33H37F3N6O4/c1-3-22-16-41(32(45)39-18-33(34,35)36)17-25(22)27-14-37-29-15-38-30-26(42(27)29)11-12-40(30)19-46-31(44)20(2)23-9-7-21(8-10-23)13-24-5-4-6-28(24)43/h7-12,14-15,20,22,24-25H,3-6,13,16-19H2,1-2H3,(H,39,45)/t20?,22-,24?,25+/m1/s1. The van der Waals surface area contributed by atoms with Gasteiger partial charge in [0.05, 0.1) is 17.6 Å². The molecule has 1 aliphatic heterocycles. The van der Waals surface area contributed by atoms with Crippen LogP contribution in [0.15, 0.2) is 48.9 Å². The number of nitrogens with one attached hydrogen (secondary N) is 1. The number of ketones is 1. The van der Waals surface area contributed by atoms with Gasteiger partial charge in [0, 0.05) is 49.4 Å². The maximum Gasteiger partial charge on any atom is 0.405 e. The molecule has 0 radical (unpaired) electrons. The van der Waals surface area contributed by atoms with Crippen LogP contribution in [0, 0.1) is 11.8 Å². The lowest BCUT2D eigenvalue weighted by Gasteiger charge is -2.18. The summed E-state index contributed by atoms with van der Waals surface area (Å²) in [4.78, 5) is 48.1. The Labute approximate surface area is 263 Å². The summed E-state index contributed by atoms with van der Waals surface area (Å²) in [6.45, 7) is 2.96. The highest BCUT2D eigenvalue weighted by atomic mass is 19.4. The lowest BCUT2D eigenvalue weighted by molar-refractivity contribution is -0.148. The Morgan fingerprint density at radius 1 is 1.11 bits per heavy atom. The summed E-state index contributed by atoms with van der Waals surface area (Å²) in [5.74, 6) is -0.560. The number of hydrogen-bond donors (Lipinski definition) is 1. The summed E-state index contributed by atoms with van der Waals surface area (Å²) in [7, 11) is 0. The average Bonchev–Trinajstić information content (AvgIpc) is 3.83. The normalized spacial score (nSPS) is 20.9. The van der Waals surface area contributed by atoms with Crippen LogP contribution >= 0.6 is 0 Å². The number of benzene rings is 1. The number of urea groups is 1. The molecule has 0 bridgehead atoms. The highest BCUT2D eigenvalue weighted by molar-refractivity contribution is 5.83. The number of halogens is 3. The van der Waals surface area contributed by atoms with Gasteiger partial charge in [-0.3, -0.25) is 18.6 Å². The molecule has 4 aromatic rings. The third kappa shape index (κ3) is 6.45. The molecular weight excluding hydrogens is 601 g/mol. The quantitative estimate of drug-likeness (QED) is 0.239. The second-order valence-electron chi connectivity index (χ2n) is 12.4. The van der Waals surface area contributed by atoms with Gasteiger partial charge in [-0.1, -0.05) is 37.6 Å². The topological polar surface area (TPSA) is 111 Å². The van der Waals surface area contributed by atoms with Crippen LogP contribution in [0.2, 0.25) is 0 Å². The fourth-order valence-electron chi connectivity index (χ4n) is 6.78. The van der Waals surface area contributed by atoms with Crippen molar-refractivity contribution in [3.05, 3.63) is 65.7 Å². The Morgan fingerprint density at radius 2 is 1.89 bits per heavy atom. The van der Waals surface area contributed by atoms with Gasteiger partial charge >= 0.3 is 18.2 Å². The minimum absolute atomic E-state index is 0.0311. The van der Waals surface area contributed by atoms with Gasteiger partial charge in [0.15, 0.2) is 18.0 Å². The summed E-state index contributed by atoms with van der Waals surface area (Å²) < 4.78 is 47.4. The summed E-state index contributed by atoms with van der Waals surface area (Å²) in [5, 5.41) is 1.98. The molecule has 1 N–H and O–H groups in total. The molecule has 4 atom stereocenters. The zero-order valence-electron chi connectivity index (χ0n) is 25.8. The molecule has 6 rings (SSSR count). The Bertz CT molecular complexity index is 1750. The number of carbonyl (C=O) groups is 3. The maximum atomic E-state index is 13.0. The van der Waals surface area contributed by atoms with E-state index in [1.54, 1.807) is 30.1 Å². The predicted molar refractivity (Wildman–Crippen MR) is 163 cm³/mol. The number of Topliss-reactive ketones (excluding diaryl/α,β-unsaturated/α-hetero) is 1. The van der Waals surface area contributed by atoms with E-state index in [1.807, 2.05) is 47.0 Å². The van der Waals surface area contributed by atoms with Crippen LogP contribution < -0.4 is 5.32 Å². The average molecular weight is 639 g/mol. The van der Waals surface area contributed by atoms with Crippen molar-refractivity contribution in [2.24, 2.45) is 11.8 Å². The second kappa shape index (κ2) is 12.8. The second-order valence-corrected chi connectivity index (χ2v) is 12.4. The molecule has 10 nitrogen and oxygen atoms in total. The van der Waals surface area contributed by atoms with Crippen LogP contribution in [-0.4, -0.2) is 67.4 Å². The number of fused-ring (bicyclic) bond motifs is 3. The van der Waals surface area contributed by atoms with Crippen molar-refractivity contribution >= 4 is 34.6 Å². The van der Waals surface area contributed by atoms with Gasteiger partial charge in [-0.15, -0.1) is 0 Å². The third-order valence-corrected chi connectivity index (χ3v) is 9.44. The fourth-order valence-corrected chi connectivity index (χ4v) is 6.78. The van der Waals surface area contributed by atoms with Crippen molar-refractivity contribution in [3.8, 4) is 0 Å². The number of amides is 2. The number of imidazole rings is 1. The van der Waals surface area contributed by atoms with E-state index >= 15 is 0 Å². The summed E-state index contributed by atoms with van der Waals surface area (Å²) in [6, 6.07) is 8.90. The maximum absolute atomic E-state index is 13.0. The summed E-state index contributed by atoms with van der Waals surface area (Å²) in [5.41, 5.74) is 4.66. The van der Waals surface area contributed by atoms with Gasteiger partial charge in [0.1, 0.15) is 12.3 Å². The molecule has 1 saturated carbocycles. The molecule has 0 spiro atoms.